The lowest BCUT2D eigenvalue weighted by atomic mass is 10.00. The van der Waals surface area contributed by atoms with Gasteiger partial charge >= 0.3 is 0 Å². The van der Waals surface area contributed by atoms with Gasteiger partial charge < -0.3 is 10.6 Å². The first-order chi connectivity index (χ1) is 10.9. The van der Waals surface area contributed by atoms with Crippen LogP contribution in [0.4, 0.5) is 5.69 Å². The highest BCUT2D eigenvalue weighted by atomic mass is 32.2. The van der Waals surface area contributed by atoms with Crippen LogP contribution in [0.15, 0.2) is 24.5 Å². The van der Waals surface area contributed by atoms with Crippen LogP contribution in [-0.4, -0.2) is 56.0 Å². The molecule has 0 saturated carbocycles. The Morgan fingerprint density at radius 3 is 3.00 bits per heavy atom. The van der Waals surface area contributed by atoms with E-state index in [1.807, 2.05) is 0 Å². The minimum atomic E-state index is -3.10. The SMILES string of the molecule is CS(=O)(=O)N1CCC[C@H](CNCCC(=O)Nc2cccnc2)C1. The summed E-state index contributed by atoms with van der Waals surface area (Å²) in [6.45, 7) is 2.48. The van der Waals surface area contributed by atoms with Crippen molar-refractivity contribution < 1.29 is 13.2 Å². The predicted octanol–water partition coefficient (Wildman–Crippen LogP) is 0.671. The Balaban J connectivity index is 1.64. The summed E-state index contributed by atoms with van der Waals surface area (Å²) in [5.74, 6) is 0.242. The third-order valence-electron chi connectivity index (χ3n) is 3.86. The van der Waals surface area contributed by atoms with Gasteiger partial charge in [-0.15, -0.1) is 0 Å². The van der Waals surface area contributed by atoms with E-state index in [-0.39, 0.29) is 5.91 Å². The summed E-state index contributed by atoms with van der Waals surface area (Å²) in [5, 5.41) is 6.02. The van der Waals surface area contributed by atoms with Gasteiger partial charge in [-0.1, -0.05) is 0 Å². The Morgan fingerprint density at radius 2 is 2.30 bits per heavy atom. The largest absolute Gasteiger partial charge is 0.325 e. The summed E-state index contributed by atoms with van der Waals surface area (Å²) in [5.41, 5.74) is 0.688. The summed E-state index contributed by atoms with van der Waals surface area (Å²) < 4.78 is 24.7. The molecule has 1 saturated heterocycles. The molecule has 1 aromatic rings. The number of rotatable bonds is 7. The van der Waals surface area contributed by atoms with Crippen molar-refractivity contribution >= 4 is 21.6 Å². The van der Waals surface area contributed by atoms with Crippen molar-refractivity contribution in [3.8, 4) is 0 Å². The van der Waals surface area contributed by atoms with Gasteiger partial charge in [-0.25, -0.2) is 12.7 Å². The van der Waals surface area contributed by atoms with Gasteiger partial charge in [-0.05, 0) is 37.4 Å². The van der Waals surface area contributed by atoms with Crippen molar-refractivity contribution in [2.45, 2.75) is 19.3 Å². The molecule has 2 N–H and O–H groups in total. The molecule has 0 radical (unpaired) electrons. The van der Waals surface area contributed by atoms with E-state index in [0.29, 0.717) is 37.7 Å². The van der Waals surface area contributed by atoms with E-state index in [0.717, 1.165) is 19.4 Å². The number of aromatic nitrogens is 1. The molecule has 0 aromatic carbocycles. The van der Waals surface area contributed by atoms with Crippen LogP contribution in [0.25, 0.3) is 0 Å². The molecular weight excluding hydrogens is 316 g/mol. The summed E-state index contributed by atoms with van der Waals surface area (Å²) in [6, 6.07) is 3.56. The van der Waals surface area contributed by atoms with Crippen molar-refractivity contribution in [3.05, 3.63) is 24.5 Å². The second-order valence-corrected chi connectivity index (χ2v) is 7.86. The zero-order chi connectivity index (χ0) is 16.7. The molecule has 8 heteroatoms. The van der Waals surface area contributed by atoms with Gasteiger partial charge in [0.05, 0.1) is 18.1 Å². The highest BCUT2D eigenvalue weighted by molar-refractivity contribution is 7.88. The van der Waals surface area contributed by atoms with Gasteiger partial charge in [-0.2, -0.15) is 0 Å². The molecule has 7 nitrogen and oxygen atoms in total. The maximum atomic E-state index is 11.8. The number of carbonyl (C=O) groups is 1. The Morgan fingerprint density at radius 1 is 1.48 bits per heavy atom. The van der Waals surface area contributed by atoms with E-state index in [1.165, 1.54) is 10.6 Å². The topological polar surface area (TPSA) is 91.4 Å². The van der Waals surface area contributed by atoms with Gasteiger partial charge in [0.15, 0.2) is 0 Å². The molecule has 0 unspecified atom stereocenters. The number of nitrogens with zero attached hydrogens (tertiary/aromatic N) is 2. The fourth-order valence-corrected chi connectivity index (χ4v) is 3.61. The van der Waals surface area contributed by atoms with Gasteiger partial charge in [0.2, 0.25) is 15.9 Å². The fraction of sp³-hybridized carbons (Fsp3) is 0.600. The van der Waals surface area contributed by atoms with Gasteiger partial charge in [0, 0.05) is 32.3 Å². The average molecular weight is 340 g/mol. The quantitative estimate of drug-likeness (QED) is 0.712. The maximum absolute atomic E-state index is 11.8. The van der Waals surface area contributed by atoms with Crippen LogP contribution < -0.4 is 10.6 Å². The van der Waals surface area contributed by atoms with Crippen molar-refractivity contribution in [2.75, 3.05) is 37.8 Å². The molecule has 23 heavy (non-hydrogen) atoms. The number of carbonyl (C=O) groups excluding carboxylic acids is 1. The number of piperidine rings is 1. The van der Waals surface area contributed by atoms with E-state index in [4.69, 9.17) is 0 Å². The lowest BCUT2D eigenvalue weighted by molar-refractivity contribution is -0.116. The standard InChI is InChI=1S/C15H24N4O3S/c1-23(21,22)19-9-3-4-13(12-19)10-17-8-6-15(20)18-14-5-2-7-16-11-14/h2,5,7,11,13,17H,3-4,6,8-10,12H2,1H3,(H,18,20)/t13-/m1/s1. The lowest BCUT2D eigenvalue weighted by Gasteiger charge is -2.31. The minimum Gasteiger partial charge on any atom is -0.325 e. The zero-order valence-electron chi connectivity index (χ0n) is 13.4. The average Bonchev–Trinajstić information content (AvgIpc) is 2.52. The summed E-state index contributed by atoms with van der Waals surface area (Å²) in [7, 11) is -3.10. The Hall–Kier alpha value is -1.51. The Bertz CT molecular complexity index is 606. The van der Waals surface area contributed by atoms with Crippen molar-refractivity contribution in [1.29, 1.82) is 0 Å². The molecule has 0 spiro atoms. The van der Waals surface area contributed by atoms with Crippen LogP contribution in [0, 0.1) is 5.92 Å². The van der Waals surface area contributed by atoms with Gasteiger partial charge in [-0.3, -0.25) is 9.78 Å². The van der Waals surface area contributed by atoms with E-state index in [2.05, 4.69) is 15.6 Å². The summed E-state index contributed by atoms with van der Waals surface area (Å²) in [6.07, 6.45) is 6.79. The maximum Gasteiger partial charge on any atom is 0.225 e. The normalized spacial score (nSPS) is 19.4. The minimum absolute atomic E-state index is 0.0630. The summed E-state index contributed by atoms with van der Waals surface area (Å²) in [4.78, 5) is 15.7. The molecule has 1 aliphatic heterocycles. The first-order valence-corrected chi connectivity index (χ1v) is 9.65. The smallest absolute Gasteiger partial charge is 0.225 e. The van der Waals surface area contributed by atoms with Crippen LogP contribution >= 0.6 is 0 Å². The molecule has 0 aliphatic carbocycles. The molecule has 0 bridgehead atoms. The van der Waals surface area contributed by atoms with Crippen LogP contribution in [0.1, 0.15) is 19.3 Å². The third-order valence-corrected chi connectivity index (χ3v) is 5.13. The molecule has 1 fully saturated rings. The summed E-state index contributed by atoms with van der Waals surface area (Å²) >= 11 is 0. The zero-order valence-corrected chi connectivity index (χ0v) is 14.2. The highest BCUT2D eigenvalue weighted by Gasteiger charge is 2.25. The lowest BCUT2D eigenvalue weighted by Crippen LogP contribution is -2.42. The molecular formula is C15H24N4O3S. The van der Waals surface area contributed by atoms with Crippen molar-refractivity contribution in [3.63, 3.8) is 0 Å². The van der Waals surface area contributed by atoms with Crippen LogP contribution in [0.2, 0.25) is 0 Å². The number of anilines is 1. The van der Waals surface area contributed by atoms with Crippen LogP contribution in [0.5, 0.6) is 0 Å². The molecule has 2 heterocycles. The Kier molecular flexibility index (Phi) is 6.49. The molecule has 128 valence electrons. The number of hydrogen-bond acceptors (Lipinski definition) is 5. The molecule has 1 amide bonds. The predicted molar refractivity (Wildman–Crippen MR) is 89.5 cm³/mol. The van der Waals surface area contributed by atoms with Gasteiger partial charge in [0.1, 0.15) is 0 Å². The fourth-order valence-electron chi connectivity index (χ4n) is 2.66. The van der Waals surface area contributed by atoms with E-state index in [9.17, 15) is 13.2 Å². The monoisotopic (exact) mass is 340 g/mol. The number of nitrogens with one attached hydrogen (secondary N) is 2. The van der Waals surface area contributed by atoms with E-state index >= 15 is 0 Å². The number of pyridine rings is 1. The highest BCUT2D eigenvalue weighted by Crippen LogP contribution is 2.17. The second-order valence-electron chi connectivity index (χ2n) is 5.87. The molecule has 1 aromatic heterocycles. The van der Waals surface area contributed by atoms with Crippen LogP contribution in [-0.2, 0) is 14.8 Å². The van der Waals surface area contributed by atoms with Crippen LogP contribution in [0.3, 0.4) is 0 Å². The Labute approximate surface area is 137 Å². The third kappa shape index (κ3) is 6.25. The first kappa shape index (κ1) is 17.8. The van der Waals surface area contributed by atoms with E-state index < -0.39 is 10.0 Å². The second kappa shape index (κ2) is 8.37. The van der Waals surface area contributed by atoms with Gasteiger partial charge in [0.25, 0.3) is 0 Å². The number of sulfonamides is 1. The first-order valence-electron chi connectivity index (χ1n) is 7.81. The number of amides is 1. The van der Waals surface area contributed by atoms with Crippen molar-refractivity contribution in [1.82, 2.24) is 14.6 Å². The number of hydrogen-bond donors (Lipinski definition) is 2. The molecule has 2 rings (SSSR count). The molecule has 1 aliphatic rings. The van der Waals surface area contributed by atoms with E-state index in [1.54, 1.807) is 24.5 Å². The van der Waals surface area contributed by atoms with Crippen molar-refractivity contribution in [2.24, 2.45) is 5.92 Å². The molecule has 1 atom stereocenters.